The van der Waals surface area contributed by atoms with E-state index in [0.717, 1.165) is 24.6 Å². The lowest BCUT2D eigenvalue weighted by atomic mass is 9.99. The summed E-state index contributed by atoms with van der Waals surface area (Å²) in [7, 11) is 0. The molecule has 12 heteroatoms. The Morgan fingerprint density at radius 3 is 2.16 bits per heavy atom. The van der Waals surface area contributed by atoms with Crippen molar-refractivity contribution in [3.8, 4) is 23.0 Å². The molecule has 1 heterocycles. The maximum atomic E-state index is 12.7. The van der Waals surface area contributed by atoms with E-state index in [1.165, 1.54) is 36.4 Å². The highest BCUT2D eigenvalue weighted by molar-refractivity contribution is 6.09. The molecule has 0 bridgehead atoms. The summed E-state index contributed by atoms with van der Waals surface area (Å²) in [5, 5.41) is 51.9. The summed E-state index contributed by atoms with van der Waals surface area (Å²) in [6.45, 7) is 0.527. The third kappa shape index (κ3) is 8.01. The van der Waals surface area contributed by atoms with Crippen LogP contribution < -0.4 is 4.74 Å². The molecule has 0 amide bonds. The molecule has 0 saturated carbocycles. The molecular weight excluding hydrogens is 576 g/mol. The predicted molar refractivity (Wildman–Crippen MR) is 155 cm³/mol. The Kier molecular flexibility index (Phi) is 10.3. The van der Waals surface area contributed by atoms with Gasteiger partial charge in [0, 0.05) is 13.0 Å². The predicted octanol–water partition coefficient (Wildman–Crippen LogP) is 2.71. The number of aliphatic hydroxyl groups excluding tert-OH is 2. The second-order valence-electron chi connectivity index (χ2n) is 9.69. The summed E-state index contributed by atoms with van der Waals surface area (Å²) < 4.78 is 21.5. The molecule has 1 saturated heterocycles. The van der Waals surface area contributed by atoms with Gasteiger partial charge in [0.25, 0.3) is 0 Å². The summed E-state index contributed by atoms with van der Waals surface area (Å²) in [5.41, 5.74) is 1.07. The van der Waals surface area contributed by atoms with Crippen molar-refractivity contribution >= 4 is 29.9 Å². The fourth-order valence-electron chi connectivity index (χ4n) is 4.22. The summed E-state index contributed by atoms with van der Waals surface area (Å²) >= 11 is 0. The molecule has 0 unspecified atom stereocenters. The van der Waals surface area contributed by atoms with Crippen molar-refractivity contribution in [3.05, 3.63) is 95.6 Å². The van der Waals surface area contributed by atoms with Crippen LogP contribution in [0.2, 0.25) is 0 Å². The van der Waals surface area contributed by atoms with E-state index in [-0.39, 0.29) is 11.3 Å². The number of hydrogen-bond donors (Lipinski definition) is 5. The first kappa shape index (κ1) is 31.8. The van der Waals surface area contributed by atoms with Gasteiger partial charge >= 0.3 is 11.9 Å². The van der Waals surface area contributed by atoms with E-state index < -0.39 is 72.3 Å². The Labute approximate surface area is 251 Å². The Balaban J connectivity index is 1.48. The minimum absolute atomic E-state index is 0.0508. The fraction of sp³-hybridized carbons (Fsp3) is 0.219. The van der Waals surface area contributed by atoms with Gasteiger partial charge in [-0.2, -0.15) is 0 Å². The Morgan fingerprint density at radius 2 is 1.48 bits per heavy atom. The number of benzene rings is 3. The maximum Gasteiger partial charge on any atom is 0.330 e. The van der Waals surface area contributed by atoms with Crippen molar-refractivity contribution in [1.29, 1.82) is 0 Å². The zero-order chi connectivity index (χ0) is 31.8. The smallest absolute Gasteiger partial charge is 0.330 e. The lowest BCUT2D eigenvalue weighted by Gasteiger charge is -2.41. The number of phenols is 3. The highest BCUT2D eigenvalue weighted by Gasteiger charge is 2.48. The summed E-state index contributed by atoms with van der Waals surface area (Å²) in [4.78, 5) is 36.6. The van der Waals surface area contributed by atoms with E-state index >= 15 is 0 Å². The second-order valence-corrected chi connectivity index (χ2v) is 9.69. The molecular formula is C32H30O12. The molecule has 1 fully saturated rings. The number of esters is 2. The summed E-state index contributed by atoms with van der Waals surface area (Å²) in [6, 6.07) is 17.3. The minimum atomic E-state index is -1.76. The number of ether oxygens (including phenoxy) is 4. The molecule has 5 atom stereocenters. The number of hydrogen-bond acceptors (Lipinski definition) is 12. The second kappa shape index (κ2) is 14.3. The summed E-state index contributed by atoms with van der Waals surface area (Å²) in [6.07, 6.45) is -2.75. The van der Waals surface area contributed by atoms with Gasteiger partial charge in [-0.3, -0.25) is 9.59 Å². The van der Waals surface area contributed by atoms with Gasteiger partial charge in [0.15, 0.2) is 23.4 Å². The van der Waals surface area contributed by atoms with Gasteiger partial charge in [-0.05, 0) is 47.5 Å². The molecule has 12 nitrogen and oxygen atoms in total. The number of phenolic OH excluding ortho intramolecular Hbond substituents is 3. The highest BCUT2D eigenvalue weighted by atomic mass is 16.7. The molecule has 4 rings (SSSR count). The normalized spacial score (nSPS) is 21.7. The van der Waals surface area contributed by atoms with E-state index in [1.807, 2.05) is 6.07 Å². The standard InChI is InChI=1S/C32H30O12/c1-18(33)42-31-30(40)29(39)25(17-41-26(36)16-10-19-5-3-2-4-6-19)44-32(31)43-24-15-13-22(27(37)28(24)38)23(35)14-9-20-7-11-21(34)12-8-20/h2-16,25,29-32,34,37-40H,17H2,1H3/b14-9+,16-10+/t25-,29-,30+,31-,32-/m1/s1. The largest absolute Gasteiger partial charge is 0.508 e. The van der Waals surface area contributed by atoms with Crippen molar-refractivity contribution in [2.45, 2.75) is 37.6 Å². The first-order chi connectivity index (χ1) is 21.0. The third-order valence-corrected chi connectivity index (χ3v) is 6.49. The SMILES string of the molecule is CC(=O)O[C@H]1[C@H](Oc2ccc(C(=O)/C=C/c3ccc(O)cc3)c(O)c2O)O[C@H](COC(=O)/C=C/c2ccccc2)[C@@H](O)[C@@H]1O. The summed E-state index contributed by atoms with van der Waals surface area (Å²) in [5.74, 6) is -4.30. The average molecular weight is 607 g/mol. The number of allylic oxidation sites excluding steroid dienone is 1. The van der Waals surface area contributed by atoms with Crippen LogP contribution in [-0.4, -0.2) is 80.6 Å². The molecule has 3 aromatic rings. The van der Waals surface area contributed by atoms with Gasteiger partial charge < -0.3 is 44.5 Å². The number of aromatic hydroxyl groups is 3. The first-order valence-corrected chi connectivity index (χ1v) is 13.3. The number of carbonyl (C=O) groups excluding carboxylic acids is 3. The van der Waals surface area contributed by atoms with Crippen molar-refractivity contribution in [1.82, 2.24) is 0 Å². The molecule has 0 aliphatic carbocycles. The van der Waals surface area contributed by atoms with Gasteiger partial charge in [-0.15, -0.1) is 0 Å². The van der Waals surface area contributed by atoms with Gasteiger partial charge in [-0.1, -0.05) is 48.5 Å². The van der Waals surface area contributed by atoms with E-state index in [9.17, 15) is 39.9 Å². The molecule has 1 aliphatic heterocycles. The molecule has 44 heavy (non-hydrogen) atoms. The Bertz CT molecular complexity index is 1530. The van der Waals surface area contributed by atoms with Crippen LogP contribution in [-0.2, 0) is 23.8 Å². The molecule has 0 spiro atoms. The minimum Gasteiger partial charge on any atom is -0.508 e. The van der Waals surface area contributed by atoms with Crippen LogP contribution in [0.4, 0.5) is 0 Å². The van der Waals surface area contributed by atoms with Crippen molar-refractivity contribution < 1.29 is 58.9 Å². The lowest BCUT2D eigenvalue weighted by molar-refractivity contribution is -0.282. The lowest BCUT2D eigenvalue weighted by Crippen LogP contribution is -2.61. The average Bonchev–Trinajstić information content (AvgIpc) is 3.01. The maximum absolute atomic E-state index is 12.7. The molecule has 0 radical (unpaired) electrons. The fourth-order valence-corrected chi connectivity index (χ4v) is 4.22. The van der Waals surface area contributed by atoms with E-state index in [0.29, 0.717) is 5.56 Å². The van der Waals surface area contributed by atoms with Crippen LogP contribution in [0.15, 0.2) is 78.9 Å². The molecule has 1 aliphatic rings. The molecule has 5 N–H and O–H groups in total. The Hall–Kier alpha value is -5.17. The first-order valence-electron chi connectivity index (χ1n) is 13.3. The van der Waals surface area contributed by atoms with Gasteiger partial charge in [0.05, 0.1) is 5.56 Å². The van der Waals surface area contributed by atoms with Gasteiger partial charge in [0.1, 0.15) is 30.7 Å². The van der Waals surface area contributed by atoms with Crippen molar-refractivity contribution in [2.75, 3.05) is 6.61 Å². The van der Waals surface area contributed by atoms with Crippen LogP contribution in [0.3, 0.4) is 0 Å². The number of rotatable bonds is 10. The molecule has 0 aromatic heterocycles. The topological polar surface area (TPSA) is 189 Å². The highest BCUT2D eigenvalue weighted by Crippen LogP contribution is 2.40. The monoisotopic (exact) mass is 606 g/mol. The van der Waals surface area contributed by atoms with Gasteiger partial charge in [0.2, 0.25) is 12.0 Å². The van der Waals surface area contributed by atoms with Crippen LogP contribution in [0, 0.1) is 0 Å². The molecule has 3 aromatic carbocycles. The van der Waals surface area contributed by atoms with Crippen LogP contribution in [0.25, 0.3) is 12.2 Å². The van der Waals surface area contributed by atoms with Crippen LogP contribution in [0.5, 0.6) is 23.0 Å². The zero-order valence-electron chi connectivity index (χ0n) is 23.3. The quantitative estimate of drug-likeness (QED) is 0.0984. The van der Waals surface area contributed by atoms with Crippen molar-refractivity contribution in [3.63, 3.8) is 0 Å². The van der Waals surface area contributed by atoms with Crippen LogP contribution >= 0.6 is 0 Å². The zero-order valence-corrected chi connectivity index (χ0v) is 23.3. The number of aliphatic hydroxyl groups is 2. The Morgan fingerprint density at radius 1 is 0.818 bits per heavy atom. The number of ketones is 1. The van der Waals surface area contributed by atoms with E-state index in [2.05, 4.69) is 0 Å². The van der Waals surface area contributed by atoms with E-state index in [4.69, 9.17) is 18.9 Å². The van der Waals surface area contributed by atoms with Crippen LogP contribution in [0.1, 0.15) is 28.4 Å². The van der Waals surface area contributed by atoms with Crippen molar-refractivity contribution in [2.24, 2.45) is 0 Å². The molecule has 230 valence electrons. The van der Waals surface area contributed by atoms with E-state index in [1.54, 1.807) is 36.4 Å². The van der Waals surface area contributed by atoms with Gasteiger partial charge in [-0.25, -0.2) is 4.79 Å². The third-order valence-electron chi connectivity index (χ3n) is 6.49. The number of carbonyl (C=O) groups is 3.